The van der Waals surface area contributed by atoms with Crippen LogP contribution in [-0.4, -0.2) is 21.5 Å². The predicted octanol–water partition coefficient (Wildman–Crippen LogP) is 2.92. The van der Waals surface area contributed by atoms with Gasteiger partial charge in [0.15, 0.2) is 0 Å². The molecule has 0 aliphatic rings. The number of benzene rings is 1. The number of nitrogens with two attached hydrogens (primary N) is 1. The van der Waals surface area contributed by atoms with Crippen molar-refractivity contribution in [2.75, 3.05) is 17.6 Å². The molecule has 0 unspecified atom stereocenters. The number of para-hydroxylation sites is 1. The van der Waals surface area contributed by atoms with Crippen LogP contribution in [-0.2, 0) is 6.42 Å². The molecule has 2 heterocycles. The standard InChI is InChI=1S/C15H14ClN5/c16-12-9-20-15(17)21-14(12)19-8-6-11-4-1-3-10-5-2-7-18-13(10)11/h1-5,7,9H,6,8H2,(H3,17,19,20,21). The van der Waals surface area contributed by atoms with Crippen molar-refractivity contribution < 1.29 is 0 Å². The van der Waals surface area contributed by atoms with E-state index < -0.39 is 0 Å². The second-order valence-corrected chi connectivity index (χ2v) is 5.00. The normalized spacial score (nSPS) is 10.7. The minimum absolute atomic E-state index is 0.203. The lowest BCUT2D eigenvalue weighted by atomic mass is 10.1. The average Bonchev–Trinajstić information content (AvgIpc) is 2.51. The van der Waals surface area contributed by atoms with Crippen LogP contribution in [0.1, 0.15) is 5.56 Å². The highest BCUT2D eigenvalue weighted by Crippen LogP contribution is 2.19. The first kappa shape index (κ1) is 13.6. The molecule has 5 nitrogen and oxygen atoms in total. The van der Waals surface area contributed by atoms with Gasteiger partial charge in [0.1, 0.15) is 10.8 Å². The number of rotatable bonds is 4. The van der Waals surface area contributed by atoms with Gasteiger partial charge in [0.05, 0.1) is 11.7 Å². The van der Waals surface area contributed by atoms with Crippen LogP contribution in [0.2, 0.25) is 5.02 Å². The molecule has 2 aromatic heterocycles. The number of nitrogen functional groups attached to an aromatic ring is 1. The topological polar surface area (TPSA) is 76.7 Å². The molecule has 3 N–H and O–H groups in total. The molecule has 21 heavy (non-hydrogen) atoms. The van der Waals surface area contributed by atoms with Gasteiger partial charge >= 0.3 is 0 Å². The molecular formula is C15H14ClN5. The Balaban J connectivity index is 1.74. The van der Waals surface area contributed by atoms with E-state index in [0.29, 0.717) is 17.4 Å². The van der Waals surface area contributed by atoms with E-state index in [9.17, 15) is 0 Å². The van der Waals surface area contributed by atoms with E-state index >= 15 is 0 Å². The Labute approximate surface area is 127 Å². The summed E-state index contributed by atoms with van der Waals surface area (Å²) >= 11 is 6.02. The van der Waals surface area contributed by atoms with Crippen LogP contribution in [0.25, 0.3) is 10.9 Å². The molecule has 0 fully saturated rings. The summed E-state index contributed by atoms with van der Waals surface area (Å²) in [4.78, 5) is 12.3. The highest BCUT2D eigenvalue weighted by molar-refractivity contribution is 6.32. The summed E-state index contributed by atoms with van der Waals surface area (Å²) in [6.45, 7) is 0.686. The number of aromatic nitrogens is 3. The Hall–Kier alpha value is -2.40. The summed E-state index contributed by atoms with van der Waals surface area (Å²) in [5.41, 5.74) is 7.76. The van der Waals surface area contributed by atoms with Gasteiger partial charge in [0.25, 0.3) is 0 Å². The van der Waals surface area contributed by atoms with Crippen LogP contribution >= 0.6 is 11.6 Å². The molecule has 3 rings (SSSR count). The van der Waals surface area contributed by atoms with Crippen LogP contribution in [0.5, 0.6) is 0 Å². The van der Waals surface area contributed by atoms with E-state index in [-0.39, 0.29) is 5.95 Å². The first-order chi connectivity index (χ1) is 10.2. The first-order valence-electron chi connectivity index (χ1n) is 6.58. The molecule has 1 aromatic carbocycles. The number of pyridine rings is 1. The van der Waals surface area contributed by atoms with Crippen LogP contribution in [0.15, 0.2) is 42.7 Å². The second-order valence-electron chi connectivity index (χ2n) is 4.59. The summed E-state index contributed by atoms with van der Waals surface area (Å²) < 4.78 is 0. The molecule has 0 aliphatic carbocycles. The summed E-state index contributed by atoms with van der Waals surface area (Å²) in [5.74, 6) is 0.756. The molecule has 106 valence electrons. The lowest BCUT2D eigenvalue weighted by molar-refractivity contribution is 1.01. The zero-order valence-corrected chi connectivity index (χ0v) is 12.0. The van der Waals surface area contributed by atoms with Gasteiger partial charge in [-0.2, -0.15) is 4.98 Å². The van der Waals surface area contributed by atoms with Gasteiger partial charge in [-0.1, -0.05) is 35.9 Å². The predicted molar refractivity (Wildman–Crippen MR) is 85.4 cm³/mol. The third-order valence-electron chi connectivity index (χ3n) is 3.17. The van der Waals surface area contributed by atoms with Crippen LogP contribution < -0.4 is 11.1 Å². The molecule has 0 spiro atoms. The molecule has 0 saturated carbocycles. The van der Waals surface area contributed by atoms with Crippen LogP contribution in [0.3, 0.4) is 0 Å². The average molecular weight is 300 g/mol. The Bertz CT molecular complexity index is 770. The highest BCUT2D eigenvalue weighted by atomic mass is 35.5. The molecule has 0 saturated heterocycles. The number of fused-ring (bicyclic) bond motifs is 1. The van der Waals surface area contributed by atoms with Crippen LogP contribution in [0, 0.1) is 0 Å². The number of nitrogens with one attached hydrogen (secondary N) is 1. The monoisotopic (exact) mass is 299 g/mol. The van der Waals surface area contributed by atoms with E-state index in [2.05, 4.69) is 38.5 Å². The van der Waals surface area contributed by atoms with E-state index in [1.54, 1.807) is 6.20 Å². The van der Waals surface area contributed by atoms with Gasteiger partial charge in [-0.05, 0) is 18.1 Å². The molecular weight excluding hydrogens is 286 g/mol. The SMILES string of the molecule is Nc1ncc(Cl)c(NCCc2cccc3cccnc23)n1. The van der Waals surface area contributed by atoms with Crippen molar-refractivity contribution in [2.45, 2.75) is 6.42 Å². The van der Waals surface area contributed by atoms with Crippen molar-refractivity contribution >= 4 is 34.3 Å². The number of nitrogens with zero attached hydrogens (tertiary/aromatic N) is 3. The van der Waals surface area contributed by atoms with Crippen LogP contribution in [0.4, 0.5) is 11.8 Å². The Morgan fingerprint density at radius 3 is 2.90 bits per heavy atom. The van der Waals surface area contributed by atoms with Crippen molar-refractivity contribution in [2.24, 2.45) is 0 Å². The van der Waals surface area contributed by atoms with E-state index in [4.69, 9.17) is 17.3 Å². The molecule has 3 aromatic rings. The molecule has 0 radical (unpaired) electrons. The fourth-order valence-electron chi connectivity index (χ4n) is 2.19. The Morgan fingerprint density at radius 1 is 1.14 bits per heavy atom. The fourth-order valence-corrected chi connectivity index (χ4v) is 2.35. The minimum Gasteiger partial charge on any atom is -0.368 e. The molecule has 0 bridgehead atoms. The second kappa shape index (κ2) is 5.93. The maximum atomic E-state index is 6.02. The Morgan fingerprint density at radius 2 is 2.00 bits per heavy atom. The summed E-state index contributed by atoms with van der Waals surface area (Å²) in [6, 6.07) is 10.2. The first-order valence-corrected chi connectivity index (χ1v) is 6.96. The maximum Gasteiger partial charge on any atom is 0.222 e. The van der Waals surface area contributed by atoms with Gasteiger partial charge in [-0.25, -0.2) is 4.98 Å². The van der Waals surface area contributed by atoms with Gasteiger partial charge in [-0.15, -0.1) is 0 Å². The number of anilines is 2. The summed E-state index contributed by atoms with van der Waals surface area (Å²) in [6.07, 6.45) is 4.11. The number of halogens is 1. The van der Waals surface area contributed by atoms with Crippen molar-refractivity contribution in [3.63, 3.8) is 0 Å². The van der Waals surface area contributed by atoms with Crippen molar-refractivity contribution in [3.05, 3.63) is 53.3 Å². The van der Waals surface area contributed by atoms with Gasteiger partial charge in [0.2, 0.25) is 5.95 Å². The maximum absolute atomic E-state index is 6.02. The zero-order chi connectivity index (χ0) is 14.7. The van der Waals surface area contributed by atoms with Gasteiger partial charge in [0, 0.05) is 18.1 Å². The minimum atomic E-state index is 0.203. The number of hydrogen-bond acceptors (Lipinski definition) is 5. The van der Waals surface area contributed by atoms with Crippen molar-refractivity contribution in [3.8, 4) is 0 Å². The number of hydrogen-bond donors (Lipinski definition) is 2. The van der Waals surface area contributed by atoms with Crippen molar-refractivity contribution in [1.82, 2.24) is 15.0 Å². The Kier molecular flexibility index (Phi) is 3.83. The largest absolute Gasteiger partial charge is 0.368 e. The lowest BCUT2D eigenvalue weighted by Crippen LogP contribution is -2.09. The highest BCUT2D eigenvalue weighted by Gasteiger charge is 2.05. The van der Waals surface area contributed by atoms with E-state index in [1.807, 2.05) is 12.1 Å². The third-order valence-corrected chi connectivity index (χ3v) is 3.44. The summed E-state index contributed by atoms with van der Waals surface area (Å²) in [5, 5.41) is 4.77. The molecule has 0 amide bonds. The molecule has 0 atom stereocenters. The van der Waals surface area contributed by atoms with Crippen molar-refractivity contribution in [1.29, 1.82) is 0 Å². The van der Waals surface area contributed by atoms with E-state index in [0.717, 1.165) is 17.3 Å². The van der Waals surface area contributed by atoms with Gasteiger partial charge in [-0.3, -0.25) is 4.98 Å². The van der Waals surface area contributed by atoms with E-state index in [1.165, 1.54) is 11.8 Å². The zero-order valence-electron chi connectivity index (χ0n) is 11.3. The van der Waals surface area contributed by atoms with Gasteiger partial charge < -0.3 is 11.1 Å². The summed E-state index contributed by atoms with van der Waals surface area (Å²) in [7, 11) is 0. The smallest absolute Gasteiger partial charge is 0.222 e. The fraction of sp³-hybridized carbons (Fsp3) is 0.133. The quantitative estimate of drug-likeness (QED) is 0.774. The molecule has 6 heteroatoms. The lowest BCUT2D eigenvalue weighted by Gasteiger charge is -2.09. The molecule has 0 aliphatic heterocycles. The third kappa shape index (κ3) is 3.03.